The molecule has 0 fully saturated rings. The van der Waals surface area contributed by atoms with Gasteiger partial charge in [0, 0.05) is 27.7 Å². The lowest BCUT2D eigenvalue weighted by atomic mass is 9.67. The van der Waals surface area contributed by atoms with Crippen LogP contribution in [-0.2, 0) is 5.41 Å². The third-order valence-electron chi connectivity index (χ3n) is 14.0. The molecule has 0 atom stereocenters. The Kier molecular flexibility index (Phi) is 9.11. The van der Waals surface area contributed by atoms with Gasteiger partial charge in [0.05, 0.1) is 11.1 Å². The standard InChI is InChI=1S/C65H43NO/c1-3-20-47(21-4-1)65(48-22-5-2-6-23-48)58-31-12-9-26-56(58)63-53(29-16-32-59(63)65)46-38-42-50(43-39-46)66(49-40-36-45(37-41-49)52-28-15-19-44-18-7-8-24-51(44)52)60-33-13-10-25-54(60)55-30-17-35-62-64(55)57-27-11-14-34-61(57)67-62/h1-43H. The molecule has 2 heteroatoms. The normalized spacial score (nSPS) is 12.6. The van der Waals surface area contributed by atoms with Gasteiger partial charge in [-0.1, -0.05) is 218 Å². The third kappa shape index (κ3) is 6.11. The van der Waals surface area contributed by atoms with Gasteiger partial charge in [-0.3, -0.25) is 0 Å². The van der Waals surface area contributed by atoms with E-state index in [1.54, 1.807) is 0 Å². The number of hydrogen-bond donors (Lipinski definition) is 0. The molecular formula is C65H43NO. The fraction of sp³-hybridized carbons (Fsp3) is 0.0154. The number of furan rings is 1. The van der Waals surface area contributed by atoms with Crippen LogP contribution in [0.15, 0.2) is 265 Å². The predicted octanol–water partition coefficient (Wildman–Crippen LogP) is 17.6. The van der Waals surface area contributed by atoms with Gasteiger partial charge in [-0.2, -0.15) is 0 Å². The van der Waals surface area contributed by atoms with Gasteiger partial charge >= 0.3 is 0 Å². The maximum Gasteiger partial charge on any atom is 0.136 e. The number of rotatable bonds is 8. The first-order valence-electron chi connectivity index (χ1n) is 23.1. The Morgan fingerprint density at radius 1 is 0.313 bits per heavy atom. The maximum atomic E-state index is 6.43. The molecule has 1 aliphatic rings. The molecular weight excluding hydrogens is 811 g/mol. The molecule has 2 nitrogen and oxygen atoms in total. The molecule has 0 aliphatic heterocycles. The van der Waals surface area contributed by atoms with E-state index in [9.17, 15) is 0 Å². The van der Waals surface area contributed by atoms with Gasteiger partial charge in [-0.05, 0) is 114 Å². The lowest BCUT2D eigenvalue weighted by molar-refractivity contribution is 0.669. The molecule has 12 aromatic rings. The average Bonchev–Trinajstić information content (AvgIpc) is 3.94. The third-order valence-corrected chi connectivity index (χ3v) is 14.0. The van der Waals surface area contributed by atoms with Crippen LogP contribution in [0.2, 0.25) is 0 Å². The molecule has 1 aromatic heterocycles. The van der Waals surface area contributed by atoms with E-state index in [0.717, 1.165) is 50.1 Å². The van der Waals surface area contributed by atoms with E-state index in [1.165, 1.54) is 66.4 Å². The Bertz CT molecular complexity index is 3750. The second kappa shape index (κ2) is 15.8. The summed E-state index contributed by atoms with van der Waals surface area (Å²) in [6.45, 7) is 0. The van der Waals surface area contributed by atoms with Crippen molar-refractivity contribution in [3.8, 4) is 44.5 Å². The minimum atomic E-state index is -0.466. The smallest absolute Gasteiger partial charge is 0.136 e. The zero-order chi connectivity index (χ0) is 44.3. The van der Waals surface area contributed by atoms with E-state index in [0.29, 0.717) is 0 Å². The van der Waals surface area contributed by atoms with Gasteiger partial charge in [0.15, 0.2) is 0 Å². The highest BCUT2D eigenvalue weighted by molar-refractivity contribution is 6.14. The summed E-state index contributed by atoms with van der Waals surface area (Å²) in [5.41, 5.74) is 19.2. The summed E-state index contributed by atoms with van der Waals surface area (Å²) in [6, 6.07) is 95.0. The van der Waals surface area contributed by atoms with Gasteiger partial charge in [0.25, 0.3) is 0 Å². The number of nitrogens with zero attached hydrogens (tertiary/aromatic N) is 1. The number of fused-ring (bicyclic) bond motifs is 7. The molecule has 0 radical (unpaired) electrons. The van der Waals surface area contributed by atoms with Gasteiger partial charge < -0.3 is 9.32 Å². The Hall–Kier alpha value is -8.72. The lowest BCUT2D eigenvalue weighted by Crippen LogP contribution is -2.28. The Labute approximate surface area is 390 Å². The summed E-state index contributed by atoms with van der Waals surface area (Å²) < 4.78 is 6.43. The molecule has 13 rings (SSSR count). The van der Waals surface area contributed by atoms with E-state index in [1.807, 2.05) is 6.07 Å². The minimum Gasteiger partial charge on any atom is -0.456 e. The van der Waals surface area contributed by atoms with Crippen LogP contribution in [-0.4, -0.2) is 0 Å². The van der Waals surface area contributed by atoms with Gasteiger partial charge in [-0.15, -0.1) is 0 Å². The van der Waals surface area contributed by atoms with Crippen molar-refractivity contribution in [2.45, 2.75) is 5.41 Å². The highest BCUT2D eigenvalue weighted by Crippen LogP contribution is 2.58. The number of anilines is 3. The molecule has 0 amide bonds. The minimum absolute atomic E-state index is 0.466. The van der Waals surface area contributed by atoms with Crippen LogP contribution < -0.4 is 4.90 Å². The average molecular weight is 854 g/mol. The molecule has 0 unspecified atom stereocenters. The summed E-state index contributed by atoms with van der Waals surface area (Å²) in [4.78, 5) is 2.41. The van der Waals surface area contributed by atoms with Crippen LogP contribution in [0, 0.1) is 0 Å². The van der Waals surface area contributed by atoms with Crippen LogP contribution >= 0.6 is 0 Å². The maximum absolute atomic E-state index is 6.43. The van der Waals surface area contributed by atoms with Crippen molar-refractivity contribution >= 4 is 49.8 Å². The predicted molar refractivity (Wildman–Crippen MR) is 280 cm³/mol. The zero-order valence-electron chi connectivity index (χ0n) is 36.7. The molecule has 0 spiro atoms. The molecule has 0 N–H and O–H groups in total. The fourth-order valence-corrected chi connectivity index (χ4v) is 11.1. The van der Waals surface area contributed by atoms with E-state index in [-0.39, 0.29) is 0 Å². The van der Waals surface area contributed by atoms with Crippen molar-refractivity contribution in [2.24, 2.45) is 0 Å². The van der Waals surface area contributed by atoms with Crippen LogP contribution in [0.4, 0.5) is 17.1 Å². The van der Waals surface area contributed by atoms with Crippen LogP contribution in [0.1, 0.15) is 22.3 Å². The summed E-state index contributed by atoms with van der Waals surface area (Å²) in [5.74, 6) is 0. The van der Waals surface area contributed by atoms with Crippen molar-refractivity contribution in [1.82, 2.24) is 0 Å². The summed E-state index contributed by atoms with van der Waals surface area (Å²) in [5, 5.41) is 4.71. The van der Waals surface area contributed by atoms with E-state index >= 15 is 0 Å². The Morgan fingerprint density at radius 3 is 1.55 bits per heavy atom. The van der Waals surface area contributed by atoms with Crippen LogP contribution in [0.5, 0.6) is 0 Å². The molecule has 0 saturated heterocycles. The number of para-hydroxylation sites is 2. The van der Waals surface area contributed by atoms with Gasteiger partial charge in [0.2, 0.25) is 0 Å². The first kappa shape index (κ1) is 38.7. The first-order valence-corrected chi connectivity index (χ1v) is 23.1. The highest BCUT2D eigenvalue weighted by Gasteiger charge is 2.46. The van der Waals surface area contributed by atoms with Crippen LogP contribution in [0.3, 0.4) is 0 Å². The fourth-order valence-electron chi connectivity index (χ4n) is 11.1. The molecule has 67 heavy (non-hydrogen) atoms. The highest BCUT2D eigenvalue weighted by atomic mass is 16.3. The van der Waals surface area contributed by atoms with Crippen molar-refractivity contribution in [1.29, 1.82) is 0 Å². The number of hydrogen-bond acceptors (Lipinski definition) is 2. The largest absolute Gasteiger partial charge is 0.456 e. The molecule has 0 saturated carbocycles. The van der Waals surface area contributed by atoms with Gasteiger partial charge in [0.1, 0.15) is 11.2 Å². The van der Waals surface area contributed by atoms with E-state index in [2.05, 4.69) is 260 Å². The second-order valence-electron chi connectivity index (χ2n) is 17.5. The summed E-state index contributed by atoms with van der Waals surface area (Å²) >= 11 is 0. The van der Waals surface area contributed by atoms with Crippen molar-refractivity contribution in [3.05, 3.63) is 283 Å². The monoisotopic (exact) mass is 853 g/mol. The number of benzene rings is 11. The topological polar surface area (TPSA) is 16.4 Å². The Balaban J connectivity index is 0.984. The summed E-state index contributed by atoms with van der Waals surface area (Å²) in [6.07, 6.45) is 0. The SMILES string of the molecule is c1ccc(C2(c3ccccc3)c3ccccc3-c3c(-c4ccc(N(c5ccc(-c6cccc7ccccc67)cc5)c5ccccc5-c5cccc6oc7ccccc7c56)cc4)cccc32)cc1. The van der Waals surface area contributed by atoms with Gasteiger partial charge in [-0.25, -0.2) is 0 Å². The zero-order valence-corrected chi connectivity index (χ0v) is 36.7. The van der Waals surface area contributed by atoms with Crippen LogP contribution in [0.25, 0.3) is 77.2 Å². The lowest BCUT2D eigenvalue weighted by Gasteiger charge is -2.34. The van der Waals surface area contributed by atoms with Crippen molar-refractivity contribution in [3.63, 3.8) is 0 Å². The molecule has 314 valence electrons. The molecule has 1 heterocycles. The van der Waals surface area contributed by atoms with E-state index < -0.39 is 5.41 Å². The molecule has 1 aliphatic carbocycles. The summed E-state index contributed by atoms with van der Waals surface area (Å²) in [7, 11) is 0. The van der Waals surface area contributed by atoms with Crippen molar-refractivity contribution < 1.29 is 4.42 Å². The Morgan fingerprint density at radius 2 is 0.806 bits per heavy atom. The van der Waals surface area contributed by atoms with E-state index in [4.69, 9.17) is 4.42 Å². The van der Waals surface area contributed by atoms with Crippen molar-refractivity contribution in [2.75, 3.05) is 4.90 Å². The molecule has 11 aromatic carbocycles. The first-order chi connectivity index (χ1) is 33.3. The quantitative estimate of drug-likeness (QED) is 0.151. The molecule has 0 bridgehead atoms. The second-order valence-corrected chi connectivity index (χ2v) is 17.5.